The van der Waals surface area contributed by atoms with Crippen molar-refractivity contribution in [1.29, 1.82) is 0 Å². The molecule has 0 unspecified atom stereocenters. The van der Waals surface area contributed by atoms with Crippen molar-refractivity contribution in [1.82, 2.24) is 6.15 Å². The van der Waals surface area contributed by atoms with Crippen LogP contribution in [-0.2, 0) is 0 Å². The normalized spacial score (nSPS) is 30.6. The van der Waals surface area contributed by atoms with Crippen molar-refractivity contribution in [3.63, 3.8) is 0 Å². The summed E-state index contributed by atoms with van der Waals surface area (Å²) < 4.78 is 0.512. The van der Waals surface area contributed by atoms with Crippen molar-refractivity contribution in [2.24, 2.45) is 10.8 Å². The smallest absolute Gasteiger partial charge is 0.0307 e. The Morgan fingerprint density at radius 2 is 0.900 bits per heavy atom. The summed E-state index contributed by atoms with van der Waals surface area (Å²) in [4.78, 5) is 0. The number of alkyl halides is 1. The van der Waals surface area contributed by atoms with Crippen molar-refractivity contribution in [3.05, 3.63) is 0 Å². The fourth-order valence-electron chi connectivity index (χ4n) is 1.53. The van der Waals surface area contributed by atoms with Crippen LogP contribution in [0, 0.1) is 10.8 Å². The van der Waals surface area contributed by atoms with Gasteiger partial charge in [0.2, 0.25) is 0 Å². The summed E-state index contributed by atoms with van der Waals surface area (Å²) in [6.45, 7) is 11.7. The molecule has 0 radical (unpaired) electrons. The molecule has 10 heavy (non-hydrogen) atoms. The molecule has 0 saturated heterocycles. The Labute approximate surface area is 77.7 Å². The van der Waals surface area contributed by atoms with Gasteiger partial charge in [-0.2, -0.15) is 0 Å². The molecule has 1 saturated carbocycles. The lowest BCUT2D eigenvalue weighted by Crippen LogP contribution is -1.99. The van der Waals surface area contributed by atoms with Crippen LogP contribution in [0.25, 0.3) is 0 Å². The third kappa shape index (κ3) is 0.779. The van der Waals surface area contributed by atoms with Crippen molar-refractivity contribution >= 4 is 22.6 Å². The van der Waals surface area contributed by atoms with Gasteiger partial charge in [0.25, 0.3) is 0 Å². The molecule has 0 aromatic carbocycles. The highest BCUT2D eigenvalue weighted by Crippen LogP contribution is 2.75. The second kappa shape index (κ2) is 2.09. The van der Waals surface area contributed by atoms with E-state index in [1.165, 1.54) is 0 Å². The molecule has 1 rings (SSSR count). The van der Waals surface area contributed by atoms with E-state index in [2.05, 4.69) is 57.2 Å². The number of halogens is 1. The summed E-state index contributed by atoms with van der Waals surface area (Å²) in [6.07, 6.45) is 0. The highest BCUT2D eigenvalue weighted by atomic mass is 127. The molecule has 1 aliphatic rings. The average Bonchev–Trinajstić information content (AvgIpc) is 1.84. The lowest BCUT2D eigenvalue weighted by molar-refractivity contribution is 0.457. The topological polar surface area (TPSA) is 35.0 Å². The second-order valence-corrected chi connectivity index (χ2v) is 6.41. The van der Waals surface area contributed by atoms with Crippen LogP contribution in [0.15, 0.2) is 0 Å². The minimum atomic E-state index is 0. The van der Waals surface area contributed by atoms with Gasteiger partial charge in [0.1, 0.15) is 0 Å². The van der Waals surface area contributed by atoms with E-state index in [4.69, 9.17) is 0 Å². The maximum atomic E-state index is 2.57. The van der Waals surface area contributed by atoms with Crippen LogP contribution in [0.2, 0.25) is 0 Å². The molecule has 0 aromatic rings. The van der Waals surface area contributed by atoms with Crippen LogP contribution in [0.4, 0.5) is 0 Å². The lowest BCUT2D eigenvalue weighted by Gasteiger charge is -2.03. The molecular weight excluding hydrogens is 237 g/mol. The van der Waals surface area contributed by atoms with E-state index in [1.54, 1.807) is 0 Å². The Morgan fingerprint density at radius 1 is 0.800 bits per heavy atom. The molecule has 0 amide bonds. The zero-order chi connectivity index (χ0) is 7.50. The first-order valence-corrected chi connectivity index (χ1v) is 4.52. The fraction of sp³-hybridized carbons (Fsp3) is 1.00. The highest BCUT2D eigenvalue weighted by Gasteiger charge is 2.72. The SMILES string of the molecule is CC1(C)C(C)(C)C1(C)I.N. The Balaban J connectivity index is 0.000000810. The summed E-state index contributed by atoms with van der Waals surface area (Å²) in [6, 6.07) is 0. The van der Waals surface area contributed by atoms with E-state index >= 15 is 0 Å². The number of rotatable bonds is 0. The minimum absolute atomic E-state index is 0. The van der Waals surface area contributed by atoms with Crippen molar-refractivity contribution < 1.29 is 0 Å². The van der Waals surface area contributed by atoms with Crippen LogP contribution in [0.1, 0.15) is 34.6 Å². The molecule has 3 N–H and O–H groups in total. The zero-order valence-corrected chi connectivity index (χ0v) is 9.74. The van der Waals surface area contributed by atoms with Gasteiger partial charge in [0.15, 0.2) is 0 Å². The molecule has 2 heteroatoms. The molecule has 1 nitrogen and oxygen atoms in total. The summed E-state index contributed by atoms with van der Waals surface area (Å²) in [7, 11) is 0. The molecule has 0 aliphatic heterocycles. The standard InChI is InChI=1S/C8H15I.H3N/c1-6(2)7(3,4)8(6,5)9;/h1-5H3;1H3. The molecule has 0 aromatic heterocycles. The van der Waals surface area contributed by atoms with Crippen LogP contribution < -0.4 is 6.15 Å². The van der Waals surface area contributed by atoms with E-state index in [-0.39, 0.29) is 6.15 Å². The van der Waals surface area contributed by atoms with Gasteiger partial charge >= 0.3 is 0 Å². The first kappa shape index (κ1) is 10.7. The average molecular weight is 255 g/mol. The predicted molar refractivity (Wildman–Crippen MR) is 55.0 cm³/mol. The first-order valence-electron chi connectivity index (χ1n) is 3.44. The third-order valence-electron chi connectivity index (χ3n) is 3.85. The second-order valence-electron chi connectivity index (χ2n) is 4.25. The van der Waals surface area contributed by atoms with Gasteiger partial charge in [0.05, 0.1) is 0 Å². The van der Waals surface area contributed by atoms with Crippen LogP contribution >= 0.6 is 22.6 Å². The van der Waals surface area contributed by atoms with E-state index in [1.807, 2.05) is 0 Å². The summed E-state index contributed by atoms with van der Waals surface area (Å²) in [5.41, 5.74) is 1.06. The molecule has 1 fully saturated rings. The van der Waals surface area contributed by atoms with Gasteiger partial charge in [-0.25, -0.2) is 0 Å². The van der Waals surface area contributed by atoms with Gasteiger partial charge in [-0.05, 0) is 17.8 Å². The van der Waals surface area contributed by atoms with E-state index in [0.717, 1.165) is 0 Å². The van der Waals surface area contributed by atoms with Gasteiger partial charge in [-0.1, -0.05) is 50.3 Å². The maximum Gasteiger partial charge on any atom is 0.0307 e. The minimum Gasteiger partial charge on any atom is -0.344 e. The summed E-state index contributed by atoms with van der Waals surface area (Å²) >= 11 is 2.57. The third-order valence-corrected chi connectivity index (χ3v) is 6.54. The monoisotopic (exact) mass is 255 g/mol. The number of hydrogen-bond donors (Lipinski definition) is 1. The predicted octanol–water partition coefficient (Wildman–Crippen LogP) is 3.41. The Hall–Kier alpha value is 0.690. The van der Waals surface area contributed by atoms with Gasteiger partial charge in [-0.15, -0.1) is 0 Å². The molecule has 62 valence electrons. The molecule has 0 heterocycles. The highest BCUT2D eigenvalue weighted by molar-refractivity contribution is 14.1. The molecule has 0 spiro atoms. The maximum absolute atomic E-state index is 2.57. The van der Waals surface area contributed by atoms with E-state index in [9.17, 15) is 0 Å². The molecule has 1 aliphatic carbocycles. The number of hydrogen-bond acceptors (Lipinski definition) is 1. The Morgan fingerprint density at radius 3 is 0.900 bits per heavy atom. The van der Waals surface area contributed by atoms with Gasteiger partial charge in [-0.3, -0.25) is 0 Å². The zero-order valence-electron chi connectivity index (χ0n) is 7.59. The molecule has 0 atom stereocenters. The van der Waals surface area contributed by atoms with Crippen molar-refractivity contribution in [2.75, 3.05) is 0 Å². The van der Waals surface area contributed by atoms with Crippen LogP contribution in [-0.4, -0.2) is 3.42 Å². The van der Waals surface area contributed by atoms with E-state index < -0.39 is 0 Å². The fourth-order valence-corrected chi connectivity index (χ4v) is 2.74. The van der Waals surface area contributed by atoms with Gasteiger partial charge in [0, 0.05) is 3.42 Å². The quantitative estimate of drug-likeness (QED) is 0.522. The van der Waals surface area contributed by atoms with Gasteiger partial charge < -0.3 is 6.15 Å². The van der Waals surface area contributed by atoms with E-state index in [0.29, 0.717) is 14.3 Å². The van der Waals surface area contributed by atoms with Crippen LogP contribution in [0.3, 0.4) is 0 Å². The molecular formula is C8H18IN. The Bertz CT molecular complexity index is 107. The molecule has 0 bridgehead atoms. The summed E-state index contributed by atoms with van der Waals surface area (Å²) in [5.74, 6) is 0. The lowest BCUT2D eigenvalue weighted by atomic mass is 10.0. The summed E-state index contributed by atoms with van der Waals surface area (Å²) in [5, 5.41) is 0. The first-order chi connectivity index (χ1) is 3.75. The van der Waals surface area contributed by atoms with Crippen LogP contribution in [0.5, 0.6) is 0 Å². The van der Waals surface area contributed by atoms with Crippen molar-refractivity contribution in [3.8, 4) is 0 Å². The Kier molecular flexibility index (Phi) is 2.24. The largest absolute Gasteiger partial charge is 0.344 e. The van der Waals surface area contributed by atoms with Crippen molar-refractivity contribution in [2.45, 2.75) is 38.0 Å².